The van der Waals surface area contributed by atoms with Crippen LogP contribution in [0.3, 0.4) is 0 Å². The molecule has 2 rings (SSSR count). The van der Waals surface area contributed by atoms with Crippen molar-refractivity contribution in [3.63, 3.8) is 0 Å². The second-order valence-corrected chi connectivity index (χ2v) is 5.34. The van der Waals surface area contributed by atoms with Gasteiger partial charge in [0.15, 0.2) is 6.10 Å². The van der Waals surface area contributed by atoms with Crippen molar-refractivity contribution >= 4 is 22.9 Å². The summed E-state index contributed by atoms with van der Waals surface area (Å²) >= 11 is 0. The summed E-state index contributed by atoms with van der Waals surface area (Å²) in [6.45, 7) is 3.67. The molecule has 0 spiro atoms. The normalized spacial score (nSPS) is 11.4. The third-order valence-electron chi connectivity index (χ3n) is 3.47. The predicted molar refractivity (Wildman–Crippen MR) is 91.2 cm³/mol. The smallest absolute Gasteiger partial charge is 0.416 e. The van der Waals surface area contributed by atoms with Crippen LogP contribution in [-0.2, 0) is 4.74 Å². The van der Waals surface area contributed by atoms with Crippen molar-refractivity contribution in [1.82, 2.24) is 9.88 Å². The van der Waals surface area contributed by atoms with Gasteiger partial charge in [-0.2, -0.15) is 5.26 Å². The van der Waals surface area contributed by atoms with Crippen molar-refractivity contribution in [2.75, 3.05) is 13.7 Å². The highest BCUT2D eigenvalue weighted by atomic mass is 16.5. The van der Waals surface area contributed by atoms with Crippen molar-refractivity contribution < 1.29 is 19.1 Å². The average molecular weight is 341 g/mol. The number of carbonyl (C=O) groups excluding carboxylic acids is 2. The Bertz CT molecular complexity index is 829. The average Bonchev–Trinajstić information content (AvgIpc) is 2.64. The number of amides is 2. The Morgan fingerprint density at radius 1 is 1.36 bits per heavy atom. The summed E-state index contributed by atoms with van der Waals surface area (Å²) in [7, 11) is 1.22. The van der Waals surface area contributed by atoms with Gasteiger partial charge in [-0.05, 0) is 25.5 Å². The van der Waals surface area contributed by atoms with Gasteiger partial charge in [0.05, 0.1) is 12.6 Å². The number of pyridine rings is 1. The molecule has 2 amide bonds. The minimum absolute atomic E-state index is 0.0534. The molecule has 0 radical (unpaired) electrons. The standard InChI is InChI=1S/C18H19N3O4/c1-4-9-21(18(23)24-3)17(22)15-10-16(25-12(2)11-19)13-7-5-6-8-14(13)20-15/h5-8,10,12H,4,9H2,1-3H3. The maximum atomic E-state index is 12.7. The highest BCUT2D eigenvalue weighted by Gasteiger charge is 2.25. The Morgan fingerprint density at radius 2 is 2.08 bits per heavy atom. The first-order valence-corrected chi connectivity index (χ1v) is 7.87. The maximum absolute atomic E-state index is 12.7. The number of hydrogen-bond donors (Lipinski definition) is 0. The Kier molecular flexibility index (Phi) is 5.90. The highest BCUT2D eigenvalue weighted by molar-refractivity contribution is 6.03. The molecule has 1 unspecified atom stereocenters. The van der Waals surface area contributed by atoms with E-state index in [0.29, 0.717) is 23.1 Å². The van der Waals surface area contributed by atoms with Gasteiger partial charge in [-0.1, -0.05) is 19.1 Å². The van der Waals surface area contributed by atoms with Gasteiger partial charge in [-0.15, -0.1) is 0 Å². The largest absolute Gasteiger partial charge is 0.475 e. The molecule has 0 saturated heterocycles. The van der Waals surface area contributed by atoms with Crippen LogP contribution in [0.5, 0.6) is 5.75 Å². The van der Waals surface area contributed by atoms with Crippen LogP contribution in [-0.4, -0.2) is 41.6 Å². The van der Waals surface area contributed by atoms with Gasteiger partial charge in [0.1, 0.15) is 17.5 Å². The lowest BCUT2D eigenvalue weighted by Gasteiger charge is -2.19. The minimum atomic E-state index is -0.741. The van der Waals surface area contributed by atoms with Gasteiger partial charge in [-0.3, -0.25) is 4.79 Å². The van der Waals surface area contributed by atoms with Crippen LogP contribution >= 0.6 is 0 Å². The van der Waals surface area contributed by atoms with Gasteiger partial charge in [-0.25, -0.2) is 14.7 Å². The summed E-state index contributed by atoms with van der Waals surface area (Å²) in [5.74, 6) is -0.210. The van der Waals surface area contributed by atoms with E-state index in [-0.39, 0.29) is 12.2 Å². The highest BCUT2D eigenvalue weighted by Crippen LogP contribution is 2.27. The number of para-hydroxylation sites is 1. The third-order valence-corrected chi connectivity index (χ3v) is 3.47. The number of rotatable bonds is 5. The molecule has 0 aliphatic heterocycles. The number of methoxy groups -OCH3 is 1. The lowest BCUT2D eigenvalue weighted by atomic mass is 10.1. The number of hydrogen-bond acceptors (Lipinski definition) is 6. The molecule has 0 N–H and O–H groups in total. The number of nitriles is 1. The van der Waals surface area contributed by atoms with E-state index in [2.05, 4.69) is 9.72 Å². The predicted octanol–water partition coefficient (Wildman–Crippen LogP) is 3.14. The fraction of sp³-hybridized carbons (Fsp3) is 0.333. The molecule has 1 atom stereocenters. The van der Waals surface area contributed by atoms with Gasteiger partial charge >= 0.3 is 6.09 Å². The molecule has 0 fully saturated rings. The van der Waals surface area contributed by atoms with E-state index in [9.17, 15) is 9.59 Å². The van der Waals surface area contributed by atoms with E-state index in [4.69, 9.17) is 10.00 Å². The van der Waals surface area contributed by atoms with E-state index in [1.807, 2.05) is 19.1 Å². The number of imide groups is 1. The first-order valence-electron chi connectivity index (χ1n) is 7.87. The van der Waals surface area contributed by atoms with E-state index in [1.165, 1.54) is 13.2 Å². The minimum Gasteiger partial charge on any atom is -0.475 e. The lowest BCUT2D eigenvalue weighted by molar-refractivity contribution is 0.0701. The second kappa shape index (κ2) is 8.11. The Balaban J connectivity index is 2.52. The van der Waals surface area contributed by atoms with Crippen molar-refractivity contribution in [2.24, 2.45) is 0 Å². The van der Waals surface area contributed by atoms with Gasteiger partial charge < -0.3 is 9.47 Å². The van der Waals surface area contributed by atoms with Crippen LogP contribution in [0.2, 0.25) is 0 Å². The number of nitrogens with zero attached hydrogens (tertiary/aromatic N) is 3. The zero-order valence-corrected chi connectivity index (χ0v) is 14.4. The third kappa shape index (κ3) is 4.04. The zero-order valence-electron chi connectivity index (χ0n) is 14.4. The van der Waals surface area contributed by atoms with E-state index >= 15 is 0 Å². The van der Waals surface area contributed by atoms with Gasteiger partial charge in [0.25, 0.3) is 5.91 Å². The number of carbonyl (C=O) groups is 2. The molecule has 0 aliphatic carbocycles. The molecule has 0 bridgehead atoms. The SMILES string of the molecule is CCCN(C(=O)OC)C(=O)c1cc(OC(C)C#N)c2ccccc2n1. The van der Waals surface area contributed by atoms with Gasteiger partial charge in [0.2, 0.25) is 0 Å². The number of ether oxygens (including phenoxy) is 2. The summed E-state index contributed by atoms with van der Waals surface area (Å²) in [6.07, 6.45) is -0.848. The van der Waals surface area contributed by atoms with Crippen molar-refractivity contribution in [2.45, 2.75) is 26.4 Å². The monoisotopic (exact) mass is 341 g/mol. The van der Waals surface area contributed by atoms with Crippen LogP contribution in [0.15, 0.2) is 30.3 Å². The molecule has 0 saturated carbocycles. The molecular formula is C18H19N3O4. The topological polar surface area (TPSA) is 92.5 Å². The molecule has 7 heteroatoms. The van der Waals surface area contributed by atoms with E-state index in [1.54, 1.807) is 25.1 Å². The van der Waals surface area contributed by atoms with E-state index < -0.39 is 18.1 Å². The molecular weight excluding hydrogens is 322 g/mol. The first-order chi connectivity index (χ1) is 12.0. The Morgan fingerprint density at radius 3 is 2.72 bits per heavy atom. The summed E-state index contributed by atoms with van der Waals surface area (Å²) < 4.78 is 10.3. The fourth-order valence-corrected chi connectivity index (χ4v) is 2.32. The van der Waals surface area contributed by atoms with Gasteiger partial charge in [0, 0.05) is 18.0 Å². The summed E-state index contributed by atoms with van der Waals surface area (Å²) in [5.41, 5.74) is 0.590. The van der Waals surface area contributed by atoms with E-state index in [0.717, 1.165) is 4.90 Å². The molecule has 1 heterocycles. The van der Waals surface area contributed by atoms with Crippen molar-refractivity contribution in [1.29, 1.82) is 5.26 Å². The molecule has 1 aromatic carbocycles. The Labute approximate surface area is 145 Å². The zero-order chi connectivity index (χ0) is 18.4. The molecule has 2 aromatic rings. The molecule has 7 nitrogen and oxygen atoms in total. The van der Waals surface area contributed by atoms with Crippen LogP contribution in [0.1, 0.15) is 30.8 Å². The number of fused-ring (bicyclic) bond motifs is 1. The van der Waals surface area contributed by atoms with Crippen molar-refractivity contribution in [3.8, 4) is 11.8 Å². The molecule has 25 heavy (non-hydrogen) atoms. The first kappa shape index (κ1) is 18.2. The summed E-state index contributed by atoms with van der Waals surface area (Å²) in [6, 6.07) is 10.6. The van der Waals surface area contributed by atoms with Crippen molar-refractivity contribution in [3.05, 3.63) is 36.0 Å². The van der Waals surface area contributed by atoms with Crippen LogP contribution in [0.25, 0.3) is 10.9 Å². The Hall–Kier alpha value is -3.14. The second-order valence-electron chi connectivity index (χ2n) is 5.34. The van der Waals surface area contributed by atoms with Crippen LogP contribution in [0, 0.1) is 11.3 Å². The van der Waals surface area contributed by atoms with Crippen LogP contribution < -0.4 is 4.74 Å². The molecule has 130 valence electrons. The maximum Gasteiger partial charge on any atom is 0.416 e. The lowest BCUT2D eigenvalue weighted by Crippen LogP contribution is -2.37. The molecule has 0 aliphatic rings. The fourth-order valence-electron chi connectivity index (χ4n) is 2.32. The number of aromatic nitrogens is 1. The quantitative estimate of drug-likeness (QED) is 0.829. The number of benzene rings is 1. The van der Waals surface area contributed by atoms with Crippen LogP contribution in [0.4, 0.5) is 4.79 Å². The summed E-state index contributed by atoms with van der Waals surface area (Å²) in [5, 5.41) is 9.66. The molecule has 1 aromatic heterocycles. The summed E-state index contributed by atoms with van der Waals surface area (Å²) in [4.78, 5) is 29.9.